The molecule has 3 N–H and O–H groups in total. The Morgan fingerprint density at radius 1 is 1.86 bits per heavy atom. The molecule has 0 rings (SSSR count). The van der Waals surface area contributed by atoms with Crippen LogP contribution in [0, 0.1) is 0 Å². The Balaban J connectivity index is 3.55. The van der Waals surface area contributed by atoms with Gasteiger partial charge in [0.2, 0.25) is 0 Å². The van der Waals surface area contributed by atoms with E-state index in [1.165, 1.54) is 6.08 Å². The molecule has 0 spiro atoms. The fourth-order valence-electron chi connectivity index (χ4n) is 0.136. The highest BCUT2D eigenvalue weighted by molar-refractivity contribution is 5.02. The maximum atomic E-state index is 8.43. The summed E-state index contributed by atoms with van der Waals surface area (Å²) in [5.74, 6) is -0.0463. The first-order valence-corrected chi connectivity index (χ1v) is 1.94. The molecule has 0 radical (unpaired) electrons. The van der Waals surface area contributed by atoms with Crippen molar-refractivity contribution in [2.24, 2.45) is 5.73 Å². The van der Waals surface area contributed by atoms with E-state index in [0.717, 1.165) is 0 Å². The fraction of sp³-hybridized carbons (Fsp3) is 0.200. The molecule has 0 aromatic rings. The highest BCUT2D eigenvalue weighted by Gasteiger charge is 1.94. The zero-order valence-electron chi connectivity index (χ0n) is 4.09. The van der Waals surface area contributed by atoms with Gasteiger partial charge in [-0.15, -0.1) is 6.58 Å². The molecule has 0 amide bonds. The molecule has 0 aliphatic carbocycles. The zero-order chi connectivity index (χ0) is 5.86. The summed E-state index contributed by atoms with van der Waals surface area (Å²) in [6.07, 6.45) is 1.42. The third-order valence-electron chi connectivity index (χ3n) is 0.639. The summed E-state index contributed by atoms with van der Waals surface area (Å²) < 4.78 is 0. The minimum atomic E-state index is -0.472. The second-order valence-corrected chi connectivity index (χ2v) is 1.25. The van der Waals surface area contributed by atoms with Crippen molar-refractivity contribution in [3.63, 3.8) is 0 Å². The normalized spacial score (nSPS) is 12.7. The lowest BCUT2D eigenvalue weighted by molar-refractivity contribution is 0.387. The van der Waals surface area contributed by atoms with E-state index in [2.05, 4.69) is 13.2 Å². The molecule has 0 saturated heterocycles. The van der Waals surface area contributed by atoms with Crippen LogP contribution in [0.3, 0.4) is 0 Å². The molecular weight excluding hydrogens is 90.1 g/mol. The van der Waals surface area contributed by atoms with Gasteiger partial charge in [0.05, 0.1) is 6.04 Å². The van der Waals surface area contributed by atoms with Gasteiger partial charge in [-0.3, -0.25) is 0 Å². The van der Waals surface area contributed by atoms with Crippen LogP contribution in [-0.2, 0) is 0 Å². The third-order valence-corrected chi connectivity index (χ3v) is 0.639. The molecule has 0 aliphatic heterocycles. The van der Waals surface area contributed by atoms with Crippen LogP contribution >= 0.6 is 0 Å². The Bertz CT molecular complexity index is 88.1. The van der Waals surface area contributed by atoms with Gasteiger partial charge in [0.1, 0.15) is 5.76 Å². The number of hydrogen-bond acceptors (Lipinski definition) is 2. The standard InChI is InChI=1S/C5H9NO/c1-3-5(6)4(2)7/h3,5,7H,1-2,6H2/t5-/m0/s1. The van der Waals surface area contributed by atoms with E-state index in [4.69, 9.17) is 10.8 Å². The summed E-state index contributed by atoms with van der Waals surface area (Å²) in [6, 6.07) is -0.472. The minimum absolute atomic E-state index is 0.0463. The monoisotopic (exact) mass is 99.1 g/mol. The average molecular weight is 99.1 g/mol. The van der Waals surface area contributed by atoms with Crippen molar-refractivity contribution < 1.29 is 5.11 Å². The minimum Gasteiger partial charge on any atom is -0.511 e. The number of nitrogens with two attached hydrogens (primary N) is 1. The van der Waals surface area contributed by atoms with Crippen molar-refractivity contribution >= 4 is 0 Å². The predicted molar refractivity (Wildman–Crippen MR) is 29.9 cm³/mol. The Morgan fingerprint density at radius 3 is 2.29 bits per heavy atom. The van der Waals surface area contributed by atoms with Gasteiger partial charge in [-0.1, -0.05) is 12.7 Å². The van der Waals surface area contributed by atoms with Gasteiger partial charge in [-0.25, -0.2) is 0 Å². The smallest absolute Gasteiger partial charge is 0.106 e. The van der Waals surface area contributed by atoms with Crippen molar-refractivity contribution in [1.82, 2.24) is 0 Å². The molecule has 2 nitrogen and oxygen atoms in total. The van der Waals surface area contributed by atoms with E-state index in [1.807, 2.05) is 0 Å². The average Bonchev–Trinajstić information content (AvgIpc) is 1.65. The van der Waals surface area contributed by atoms with Crippen molar-refractivity contribution in [2.75, 3.05) is 0 Å². The van der Waals surface area contributed by atoms with E-state index < -0.39 is 6.04 Å². The summed E-state index contributed by atoms with van der Waals surface area (Å²) in [6.45, 7) is 6.52. The molecule has 0 aliphatic rings. The molecule has 7 heavy (non-hydrogen) atoms. The summed E-state index contributed by atoms with van der Waals surface area (Å²) in [7, 11) is 0. The molecule has 0 saturated carbocycles. The maximum Gasteiger partial charge on any atom is 0.106 e. The van der Waals surface area contributed by atoms with E-state index in [-0.39, 0.29) is 5.76 Å². The third kappa shape index (κ3) is 2.00. The number of hydrogen-bond donors (Lipinski definition) is 2. The second-order valence-electron chi connectivity index (χ2n) is 1.25. The molecule has 0 bridgehead atoms. The lowest BCUT2D eigenvalue weighted by atomic mass is 10.3. The Morgan fingerprint density at radius 2 is 2.29 bits per heavy atom. The van der Waals surface area contributed by atoms with Crippen molar-refractivity contribution in [3.05, 3.63) is 25.0 Å². The summed E-state index contributed by atoms with van der Waals surface area (Å²) in [5, 5.41) is 8.43. The van der Waals surface area contributed by atoms with Gasteiger partial charge in [-0.05, 0) is 0 Å². The highest BCUT2D eigenvalue weighted by atomic mass is 16.3. The molecule has 0 aromatic heterocycles. The van der Waals surface area contributed by atoms with Gasteiger partial charge in [0, 0.05) is 0 Å². The van der Waals surface area contributed by atoms with Crippen LogP contribution < -0.4 is 5.73 Å². The Kier molecular flexibility index (Phi) is 2.16. The van der Waals surface area contributed by atoms with Gasteiger partial charge >= 0.3 is 0 Å². The quantitative estimate of drug-likeness (QED) is 0.392. The van der Waals surface area contributed by atoms with E-state index in [9.17, 15) is 0 Å². The van der Waals surface area contributed by atoms with E-state index in [1.54, 1.807) is 0 Å². The van der Waals surface area contributed by atoms with Crippen LogP contribution in [0.5, 0.6) is 0 Å². The number of aliphatic hydroxyl groups excluding tert-OH is 1. The van der Waals surface area contributed by atoms with Gasteiger partial charge in [0.25, 0.3) is 0 Å². The lowest BCUT2D eigenvalue weighted by Gasteiger charge is -1.99. The van der Waals surface area contributed by atoms with Crippen LogP contribution in [0.1, 0.15) is 0 Å². The maximum absolute atomic E-state index is 8.43. The molecule has 0 fully saturated rings. The summed E-state index contributed by atoms with van der Waals surface area (Å²) in [5.41, 5.74) is 5.15. The molecule has 1 atom stereocenters. The van der Waals surface area contributed by atoms with E-state index in [0.29, 0.717) is 0 Å². The highest BCUT2D eigenvalue weighted by Crippen LogP contribution is 1.88. The van der Waals surface area contributed by atoms with Crippen molar-refractivity contribution in [2.45, 2.75) is 6.04 Å². The predicted octanol–water partition coefficient (Wildman–Crippen LogP) is 0.571. The SMILES string of the molecule is C=C[C@H](N)C(=C)O. The van der Waals surface area contributed by atoms with Crippen LogP contribution in [0.25, 0.3) is 0 Å². The van der Waals surface area contributed by atoms with Crippen LogP contribution in [0.2, 0.25) is 0 Å². The summed E-state index contributed by atoms with van der Waals surface area (Å²) in [4.78, 5) is 0. The topological polar surface area (TPSA) is 46.2 Å². The number of aliphatic hydroxyl groups is 1. The first-order chi connectivity index (χ1) is 3.18. The van der Waals surface area contributed by atoms with Crippen LogP contribution in [0.4, 0.5) is 0 Å². The second kappa shape index (κ2) is 2.42. The van der Waals surface area contributed by atoms with Gasteiger partial charge in [0.15, 0.2) is 0 Å². The molecule has 2 heteroatoms. The summed E-state index contributed by atoms with van der Waals surface area (Å²) >= 11 is 0. The van der Waals surface area contributed by atoms with E-state index >= 15 is 0 Å². The number of rotatable bonds is 2. The fourth-order valence-corrected chi connectivity index (χ4v) is 0.136. The first-order valence-electron chi connectivity index (χ1n) is 1.94. The molecule has 40 valence electrons. The Hall–Kier alpha value is -0.760. The molecule has 0 heterocycles. The van der Waals surface area contributed by atoms with Gasteiger partial charge < -0.3 is 10.8 Å². The lowest BCUT2D eigenvalue weighted by Crippen LogP contribution is -2.17. The molecule has 0 unspecified atom stereocenters. The van der Waals surface area contributed by atoms with Crippen molar-refractivity contribution in [3.8, 4) is 0 Å². The zero-order valence-corrected chi connectivity index (χ0v) is 4.09. The Labute approximate surface area is 43.0 Å². The first kappa shape index (κ1) is 6.24. The molecular formula is C5H9NO. The van der Waals surface area contributed by atoms with Gasteiger partial charge in [-0.2, -0.15) is 0 Å². The van der Waals surface area contributed by atoms with Crippen LogP contribution in [0.15, 0.2) is 25.0 Å². The van der Waals surface area contributed by atoms with Crippen molar-refractivity contribution in [1.29, 1.82) is 0 Å². The van der Waals surface area contributed by atoms with Crippen LogP contribution in [-0.4, -0.2) is 11.1 Å². The molecule has 0 aromatic carbocycles. The largest absolute Gasteiger partial charge is 0.511 e.